The van der Waals surface area contributed by atoms with Gasteiger partial charge in [-0.1, -0.05) is 18.2 Å². The molecule has 5 nitrogen and oxygen atoms in total. The lowest BCUT2D eigenvalue weighted by Crippen LogP contribution is -2.43. The fourth-order valence-corrected chi connectivity index (χ4v) is 4.78. The van der Waals surface area contributed by atoms with Crippen LogP contribution in [0.3, 0.4) is 0 Å². The van der Waals surface area contributed by atoms with E-state index in [9.17, 15) is 4.79 Å². The first-order valence-electron chi connectivity index (χ1n) is 10.3. The molecule has 3 fully saturated rings. The highest BCUT2D eigenvalue weighted by atomic mass is 16.2. The van der Waals surface area contributed by atoms with Crippen molar-refractivity contribution in [3.8, 4) is 0 Å². The first-order valence-corrected chi connectivity index (χ1v) is 10.3. The molecule has 1 aromatic carbocycles. The number of hydrogen-bond donors (Lipinski definition) is 1. The first-order chi connectivity index (χ1) is 13.3. The van der Waals surface area contributed by atoms with Crippen LogP contribution in [0.15, 0.2) is 30.3 Å². The number of anilines is 2. The summed E-state index contributed by atoms with van der Waals surface area (Å²) in [6.07, 6.45) is 7.53. The van der Waals surface area contributed by atoms with Crippen LogP contribution in [0.2, 0.25) is 0 Å². The van der Waals surface area contributed by atoms with Gasteiger partial charge >= 0.3 is 0 Å². The molecular formula is C22H24N4O. The van der Waals surface area contributed by atoms with Crippen LogP contribution < -0.4 is 5.32 Å². The minimum Gasteiger partial charge on any atom is -0.340 e. The van der Waals surface area contributed by atoms with Gasteiger partial charge in [0.2, 0.25) is 5.91 Å². The number of aromatic nitrogens is 2. The molecule has 2 saturated carbocycles. The second-order valence-corrected chi connectivity index (χ2v) is 8.53. The van der Waals surface area contributed by atoms with Crippen LogP contribution >= 0.6 is 0 Å². The van der Waals surface area contributed by atoms with Crippen LogP contribution in [-0.2, 0) is 11.2 Å². The number of hydrogen-bond acceptors (Lipinski definition) is 4. The van der Waals surface area contributed by atoms with E-state index in [-0.39, 0.29) is 12.0 Å². The van der Waals surface area contributed by atoms with Crippen molar-refractivity contribution in [3.05, 3.63) is 47.4 Å². The van der Waals surface area contributed by atoms with Gasteiger partial charge in [-0.05, 0) is 50.7 Å². The van der Waals surface area contributed by atoms with Gasteiger partial charge in [0.1, 0.15) is 11.6 Å². The van der Waals surface area contributed by atoms with Gasteiger partial charge in [0.15, 0.2) is 0 Å². The molecule has 2 atom stereocenters. The Hall–Kier alpha value is -2.43. The number of nitrogens with one attached hydrogen (secondary N) is 1. The Balaban J connectivity index is 1.44. The van der Waals surface area contributed by atoms with E-state index in [1.54, 1.807) is 0 Å². The standard InChI is InChI=1S/C22H24N4O/c27-22(14-8-9-14)26-16-10-11-18(26)19-17(12-16)24-20(13-6-7-13)25-21(19)23-15-4-2-1-3-5-15/h1-5,13-14,16,18H,6-12H2,(H,23,24,25)/t16-,18-/m0/s1. The van der Waals surface area contributed by atoms with Crippen molar-refractivity contribution in [1.82, 2.24) is 14.9 Å². The summed E-state index contributed by atoms with van der Waals surface area (Å²) in [7, 11) is 0. The summed E-state index contributed by atoms with van der Waals surface area (Å²) in [4.78, 5) is 25.1. The predicted octanol–water partition coefficient (Wildman–Crippen LogP) is 4.10. The van der Waals surface area contributed by atoms with E-state index in [1.807, 2.05) is 18.2 Å². The molecule has 5 heteroatoms. The third-order valence-corrected chi connectivity index (χ3v) is 6.47. The van der Waals surface area contributed by atoms with E-state index in [2.05, 4.69) is 22.3 Å². The summed E-state index contributed by atoms with van der Waals surface area (Å²) in [6.45, 7) is 0. The minimum absolute atomic E-state index is 0.145. The van der Waals surface area contributed by atoms with Crippen molar-refractivity contribution < 1.29 is 4.79 Å². The highest BCUT2D eigenvalue weighted by Gasteiger charge is 2.48. The zero-order valence-corrected chi connectivity index (χ0v) is 15.4. The third kappa shape index (κ3) is 2.63. The fraction of sp³-hybridized carbons (Fsp3) is 0.500. The molecule has 1 saturated heterocycles. The molecule has 3 heterocycles. The molecule has 138 valence electrons. The van der Waals surface area contributed by atoms with Crippen molar-refractivity contribution >= 4 is 17.4 Å². The zero-order valence-electron chi connectivity index (χ0n) is 15.4. The van der Waals surface area contributed by atoms with Gasteiger partial charge in [-0.3, -0.25) is 4.79 Å². The maximum absolute atomic E-state index is 13.0. The largest absolute Gasteiger partial charge is 0.340 e. The van der Waals surface area contributed by atoms with Crippen molar-refractivity contribution in [2.45, 2.75) is 62.9 Å². The van der Waals surface area contributed by atoms with Gasteiger partial charge in [0, 0.05) is 35.5 Å². The second-order valence-electron chi connectivity index (χ2n) is 8.53. The normalized spacial score (nSPS) is 26.0. The Labute approximate surface area is 159 Å². The molecule has 1 amide bonds. The van der Waals surface area contributed by atoms with Crippen LogP contribution in [0.5, 0.6) is 0 Å². The van der Waals surface area contributed by atoms with Crippen molar-refractivity contribution in [3.63, 3.8) is 0 Å². The summed E-state index contributed by atoms with van der Waals surface area (Å²) < 4.78 is 0. The maximum Gasteiger partial charge on any atom is 0.226 e. The number of benzene rings is 1. The Morgan fingerprint density at radius 2 is 1.81 bits per heavy atom. The molecule has 2 aliphatic carbocycles. The minimum atomic E-state index is 0.145. The van der Waals surface area contributed by atoms with E-state index in [0.717, 1.165) is 49.4 Å². The number of fused-ring (bicyclic) bond motifs is 4. The molecule has 0 unspecified atom stereocenters. The van der Waals surface area contributed by atoms with E-state index in [0.29, 0.717) is 17.9 Å². The fourth-order valence-electron chi connectivity index (χ4n) is 4.78. The molecule has 0 spiro atoms. The van der Waals surface area contributed by atoms with Gasteiger partial charge in [-0.2, -0.15) is 0 Å². The molecule has 1 aromatic heterocycles. The molecule has 2 bridgehead atoms. The van der Waals surface area contributed by atoms with Gasteiger partial charge in [0.25, 0.3) is 0 Å². The molecule has 1 N–H and O–H groups in total. The summed E-state index contributed by atoms with van der Waals surface area (Å²) in [5, 5.41) is 3.55. The highest BCUT2D eigenvalue weighted by molar-refractivity contribution is 5.83. The number of carbonyl (C=O) groups is 1. The third-order valence-electron chi connectivity index (χ3n) is 6.47. The SMILES string of the molecule is O=C(C1CC1)N1[C@H]2CC[C@H]1c1c(nc(C3CC3)nc1Nc1ccccc1)C2. The molecule has 27 heavy (non-hydrogen) atoms. The quantitative estimate of drug-likeness (QED) is 0.892. The van der Waals surface area contributed by atoms with Gasteiger partial charge in [-0.15, -0.1) is 0 Å². The molecule has 2 aliphatic heterocycles. The Morgan fingerprint density at radius 1 is 1.00 bits per heavy atom. The highest BCUT2D eigenvalue weighted by Crippen LogP contribution is 2.49. The maximum atomic E-state index is 13.0. The van der Waals surface area contributed by atoms with Crippen LogP contribution in [-0.4, -0.2) is 26.8 Å². The van der Waals surface area contributed by atoms with Crippen LogP contribution in [0, 0.1) is 5.92 Å². The lowest BCUT2D eigenvalue weighted by Gasteiger charge is -2.37. The Bertz CT molecular complexity index is 904. The first kappa shape index (κ1) is 15.6. The van der Waals surface area contributed by atoms with Crippen LogP contribution in [0.4, 0.5) is 11.5 Å². The lowest BCUT2D eigenvalue weighted by molar-refractivity contribution is -0.136. The van der Waals surface area contributed by atoms with E-state index in [4.69, 9.17) is 9.97 Å². The van der Waals surface area contributed by atoms with Gasteiger partial charge in [0.05, 0.1) is 11.7 Å². The van der Waals surface area contributed by atoms with Crippen molar-refractivity contribution in [2.24, 2.45) is 5.92 Å². The molecule has 0 radical (unpaired) electrons. The van der Waals surface area contributed by atoms with E-state index in [1.165, 1.54) is 24.1 Å². The van der Waals surface area contributed by atoms with Gasteiger partial charge < -0.3 is 10.2 Å². The number of para-hydroxylation sites is 1. The number of nitrogens with zero attached hydrogens (tertiary/aromatic N) is 3. The summed E-state index contributed by atoms with van der Waals surface area (Å²) >= 11 is 0. The summed E-state index contributed by atoms with van der Waals surface area (Å²) in [6, 6.07) is 10.7. The average Bonchev–Trinajstić information content (AvgIpc) is 3.58. The van der Waals surface area contributed by atoms with E-state index < -0.39 is 0 Å². The number of carbonyl (C=O) groups excluding carboxylic acids is 1. The second kappa shape index (κ2) is 5.78. The summed E-state index contributed by atoms with van der Waals surface area (Å²) in [5.74, 6) is 3.08. The zero-order chi connectivity index (χ0) is 18.0. The van der Waals surface area contributed by atoms with Crippen LogP contribution in [0.1, 0.15) is 67.6 Å². The molecule has 4 aliphatic rings. The Kier molecular flexibility index (Phi) is 3.34. The molecular weight excluding hydrogens is 336 g/mol. The molecule has 2 aromatic rings. The number of rotatable bonds is 4. The topological polar surface area (TPSA) is 58.1 Å². The smallest absolute Gasteiger partial charge is 0.226 e. The summed E-state index contributed by atoms with van der Waals surface area (Å²) in [5.41, 5.74) is 3.39. The van der Waals surface area contributed by atoms with Crippen molar-refractivity contribution in [2.75, 3.05) is 5.32 Å². The predicted molar refractivity (Wildman–Crippen MR) is 103 cm³/mol. The number of amides is 1. The van der Waals surface area contributed by atoms with E-state index >= 15 is 0 Å². The average molecular weight is 360 g/mol. The Morgan fingerprint density at radius 3 is 2.56 bits per heavy atom. The van der Waals surface area contributed by atoms with Crippen LogP contribution in [0.25, 0.3) is 0 Å². The lowest BCUT2D eigenvalue weighted by atomic mass is 9.97. The molecule has 6 rings (SSSR count). The van der Waals surface area contributed by atoms with Crippen molar-refractivity contribution in [1.29, 1.82) is 0 Å². The van der Waals surface area contributed by atoms with Gasteiger partial charge in [-0.25, -0.2) is 9.97 Å². The monoisotopic (exact) mass is 360 g/mol.